The molecule has 0 saturated heterocycles. The molecule has 0 aliphatic heterocycles. The summed E-state index contributed by atoms with van der Waals surface area (Å²) in [6, 6.07) is 6.01. The summed E-state index contributed by atoms with van der Waals surface area (Å²) in [7, 11) is 0. The van der Waals surface area contributed by atoms with Gasteiger partial charge in [-0.1, -0.05) is 44.2 Å². The van der Waals surface area contributed by atoms with Crippen LogP contribution in [0, 0.1) is 5.82 Å². The fourth-order valence-corrected chi connectivity index (χ4v) is 2.47. The van der Waals surface area contributed by atoms with Crippen LogP contribution in [0.2, 0.25) is 0 Å². The second-order valence-corrected chi connectivity index (χ2v) is 6.04. The van der Waals surface area contributed by atoms with E-state index in [4.69, 9.17) is 4.74 Å². The Balaban J connectivity index is 2.04. The normalized spacial score (nSPS) is 12.2. The maximum Gasteiger partial charge on any atom is 0.267 e. The van der Waals surface area contributed by atoms with E-state index in [1.807, 2.05) is 13.8 Å². The highest BCUT2D eigenvalue weighted by molar-refractivity contribution is 7.15. The van der Waals surface area contributed by atoms with Gasteiger partial charge in [-0.15, -0.1) is 10.2 Å². The Kier molecular flexibility index (Phi) is 5.43. The van der Waals surface area contributed by atoms with Gasteiger partial charge in [-0.05, 0) is 18.6 Å². The highest BCUT2D eigenvalue weighted by Gasteiger charge is 2.21. The van der Waals surface area contributed by atoms with Crippen LogP contribution < -0.4 is 10.1 Å². The second kappa shape index (κ2) is 7.31. The lowest BCUT2D eigenvalue weighted by Gasteiger charge is -2.16. The summed E-state index contributed by atoms with van der Waals surface area (Å²) in [5.41, 5.74) is 0. The minimum atomic E-state index is -0.789. The molecule has 1 amide bonds. The highest BCUT2D eigenvalue weighted by atomic mass is 32.1. The first-order valence-electron chi connectivity index (χ1n) is 7.06. The molecule has 1 aromatic heterocycles. The number of carbonyl (C=O) groups excluding carboxylic acids is 1. The van der Waals surface area contributed by atoms with E-state index in [-0.39, 0.29) is 17.6 Å². The maximum atomic E-state index is 13.6. The number of para-hydroxylation sites is 1. The average Bonchev–Trinajstić information content (AvgIpc) is 2.95. The highest BCUT2D eigenvalue weighted by Crippen LogP contribution is 2.23. The molecule has 1 N–H and O–H groups in total. The summed E-state index contributed by atoms with van der Waals surface area (Å²) < 4.78 is 19.0. The molecule has 5 nitrogen and oxygen atoms in total. The number of ether oxygens (including phenoxy) is 1. The number of aromatic nitrogens is 2. The number of hydrogen-bond donors (Lipinski definition) is 1. The number of anilines is 1. The lowest BCUT2D eigenvalue weighted by Crippen LogP contribution is -2.32. The molecule has 1 atom stereocenters. The van der Waals surface area contributed by atoms with Crippen molar-refractivity contribution in [2.75, 3.05) is 5.32 Å². The molecule has 0 aliphatic rings. The van der Waals surface area contributed by atoms with Crippen LogP contribution in [0.15, 0.2) is 24.3 Å². The zero-order valence-corrected chi connectivity index (χ0v) is 13.5. The van der Waals surface area contributed by atoms with Gasteiger partial charge in [-0.25, -0.2) is 4.39 Å². The van der Waals surface area contributed by atoms with Crippen LogP contribution >= 0.6 is 11.3 Å². The van der Waals surface area contributed by atoms with Gasteiger partial charge in [0.15, 0.2) is 17.7 Å². The number of nitrogens with one attached hydrogen (secondary N) is 1. The SMILES string of the molecule is CCC(Oc1ccccc1F)C(=O)Nc1nnc(C(C)C)s1. The number of amides is 1. The molecule has 0 aliphatic carbocycles. The van der Waals surface area contributed by atoms with Crippen molar-refractivity contribution in [1.82, 2.24) is 10.2 Å². The van der Waals surface area contributed by atoms with Gasteiger partial charge in [0.25, 0.3) is 5.91 Å². The van der Waals surface area contributed by atoms with Crippen molar-refractivity contribution < 1.29 is 13.9 Å². The minimum absolute atomic E-state index is 0.0598. The van der Waals surface area contributed by atoms with Crippen molar-refractivity contribution in [3.8, 4) is 5.75 Å². The zero-order valence-electron chi connectivity index (χ0n) is 12.7. The Bertz CT molecular complexity index is 645. The van der Waals surface area contributed by atoms with Gasteiger partial charge in [-0.3, -0.25) is 10.1 Å². The third-order valence-electron chi connectivity index (χ3n) is 2.93. The first-order chi connectivity index (χ1) is 10.5. The molecule has 118 valence electrons. The van der Waals surface area contributed by atoms with Gasteiger partial charge >= 0.3 is 0 Å². The molecule has 22 heavy (non-hydrogen) atoms. The summed E-state index contributed by atoms with van der Waals surface area (Å²) in [4.78, 5) is 12.2. The molecule has 0 fully saturated rings. The van der Waals surface area contributed by atoms with Crippen LogP contribution in [-0.2, 0) is 4.79 Å². The Morgan fingerprint density at radius 3 is 2.68 bits per heavy atom. The molecule has 1 aromatic carbocycles. The molecule has 0 spiro atoms. The van der Waals surface area contributed by atoms with E-state index in [0.29, 0.717) is 11.6 Å². The molecule has 0 bridgehead atoms. The maximum absolute atomic E-state index is 13.6. The number of nitrogens with zero attached hydrogens (tertiary/aromatic N) is 2. The summed E-state index contributed by atoms with van der Waals surface area (Å²) in [5, 5.41) is 11.9. The summed E-state index contributed by atoms with van der Waals surface area (Å²) in [5.74, 6) is -0.548. The number of halogens is 1. The molecule has 2 rings (SSSR count). The third-order valence-corrected chi connectivity index (χ3v) is 4.07. The zero-order chi connectivity index (χ0) is 16.1. The van der Waals surface area contributed by atoms with Crippen LogP contribution in [-0.4, -0.2) is 22.2 Å². The van der Waals surface area contributed by atoms with E-state index >= 15 is 0 Å². The van der Waals surface area contributed by atoms with Crippen molar-refractivity contribution in [3.63, 3.8) is 0 Å². The van der Waals surface area contributed by atoms with E-state index in [1.165, 1.54) is 23.5 Å². The largest absolute Gasteiger partial charge is 0.478 e. The summed E-state index contributed by atoms with van der Waals surface area (Å²) in [6.45, 7) is 5.80. The van der Waals surface area contributed by atoms with E-state index in [9.17, 15) is 9.18 Å². The number of rotatable bonds is 6. The van der Waals surface area contributed by atoms with E-state index in [2.05, 4.69) is 15.5 Å². The minimum Gasteiger partial charge on any atom is -0.478 e. The van der Waals surface area contributed by atoms with Crippen LogP contribution in [0.3, 0.4) is 0 Å². The second-order valence-electron chi connectivity index (χ2n) is 5.03. The van der Waals surface area contributed by atoms with Gasteiger partial charge in [-0.2, -0.15) is 0 Å². The third kappa shape index (κ3) is 4.00. The summed E-state index contributed by atoms with van der Waals surface area (Å²) >= 11 is 1.32. The number of hydrogen-bond acceptors (Lipinski definition) is 5. The van der Waals surface area contributed by atoms with Gasteiger partial charge in [0, 0.05) is 5.92 Å². The van der Waals surface area contributed by atoms with Crippen molar-refractivity contribution in [3.05, 3.63) is 35.1 Å². The topological polar surface area (TPSA) is 64.1 Å². The molecular formula is C15H18FN3O2S. The van der Waals surface area contributed by atoms with Crippen LogP contribution in [0.1, 0.15) is 38.1 Å². The lowest BCUT2D eigenvalue weighted by molar-refractivity contribution is -0.122. The van der Waals surface area contributed by atoms with Crippen molar-refractivity contribution in [2.45, 2.75) is 39.2 Å². The van der Waals surface area contributed by atoms with Crippen LogP contribution in [0.4, 0.5) is 9.52 Å². The standard InChI is InChI=1S/C15H18FN3O2S/c1-4-11(21-12-8-6-5-7-10(12)16)13(20)17-15-19-18-14(22-15)9(2)3/h5-9,11H,4H2,1-3H3,(H,17,19,20). The van der Waals surface area contributed by atoms with Crippen LogP contribution in [0.25, 0.3) is 0 Å². The molecule has 0 saturated carbocycles. The molecule has 1 heterocycles. The number of benzene rings is 1. The van der Waals surface area contributed by atoms with Gasteiger partial charge in [0.2, 0.25) is 5.13 Å². The predicted octanol–water partition coefficient (Wildman–Crippen LogP) is 3.60. The van der Waals surface area contributed by atoms with Crippen LogP contribution in [0.5, 0.6) is 5.75 Å². The average molecular weight is 323 g/mol. The molecule has 1 unspecified atom stereocenters. The van der Waals surface area contributed by atoms with E-state index in [1.54, 1.807) is 19.1 Å². The van der Waals surface area contributed by atoms with E-state index < -0.39 is 11.9 Å². The van der Waals surface area contributed by atoms with Gasteiger partial charge in [0.1, 0.15) is 5.01 Å². The molecule has 7 heteroatoms. The quantitative estimate of drug-likeness (QED) is 0.882. The van der Waals surface area contributed by atoms with Gasteiger partial charge in [0.05, 0.1) is 0 Å². The fraction of sp³-hybridized carbons (Fsp3) is 0.400. The first-order valence-corrected chi connectivity index (χ1v) is 7.88. The number of carbonyl (C=O) groups is 1. The Morgan fingerprint density at radius 1 is 1.36 bits per heavy atom. The Hall–Kier alpha value is -2.02. The lowest BCUT2D eigenvalue weighted by atomic mass is 10.2. The van der Waals surface area contributed by atoms with Crippen molar-refractivity contribution >= 4 is 22.4 Å². The fourth-order valence-electron chi connectivity index (χ4n) is 1.72. The monoisotopic (exact) mass is 323 g/mol. The molecule has 2 aromatic rings. The Morgan fingerprint density at radius 2 is 2.09 bits per heavy atom. The first kappa shape index (κ1) is 16.4. The molecular weight excluding hydrogens is 305 g/mol. The Labute approximate surface area is 132 Å². The smallest absolute Gasteiger partial charge is 0.267 e. The molecule has 0 radical (unpaired) electrons. The van der Waals surface area contributed by atoms with E-state index in [0.717, 1.165) is 5.01 Å². The summed E-state index contributed by atoms with van der Waals surface area (Å²) in [6.07, 6.45) is -0.376. The van der Waals surface area contributed by atoms with Crippen molar-refractivity contribution in [2.24, 2.45) is 0 Å². The van der Waals surface area contributed by atoms with Gasteiger partial charge < -0.3 is 4.74 Å². The van der Waals surface area contributed by atoms with Crippen molar-refractivity contribution in [1.29, 1.82) is 0 Å². The predicted molar refractivity (Wildman–Crippen MR) is 83.7 cm³/mol.